The molecule has 0 saturated heterocycles. The third-order valence-corrected chi connectivity index (χ3v) is 2.70. The SMILES string of the molecule is CC(CNCc1cn[nH]c1)c1ccccc1. The average Bonchev–Trinajstić information content (AvgIpc) is 2.83. The minimum absolute atomic E-state index is 0.535. The van der Waals surface area contributed by atoms with Crippen molar-refractivity contribution in [3.63, 3.8) is 0 Å². The number of aromatic amines is 1. The van der Waals surface area contributed by atoms with Crippen LogP contribution in [0.3, 0.4) is 0 Å². The zero-order valence-corrected chi connectivity index (χ0v) is 9.48. The van der Waals surface area contributed by atoms with Crippen LogP contribution in [0.1, 0.15) is 24.0 Å². The first-order valence-corrected chi connectivity index (χ1v) is 5.59. The zero-order chi connectivity index (χ0) is 11.2. The minimum Gasteiger partial charge on any atom is -0.312 e. The van der Waals surface area contributed by atoms with Crippen LogP contribution >= 0.6 is 0 Å². The second-order valence-corrected chi connectivity index (χ2v) is 4.05. The zero-order valence-electron chi connectivity index (χ0n) is 9.48. The molecule has 1 aromatic carbocycles. The number of nitrogens with zero attached hydrogens (tertiary/aromatic N) is 1. The maximum atomic E-state index is 3.91. The largest absolute Gasteiger partial charge is 0.312 e. The van der Waals surface area contributed by atoms with Gasteiger partial charge in [0.05, 0.1) is 6.20 Å². The van der Waals surface area contributed by atoms with Crippen molar-refractivity contribution in [1.82, 2.24) is 15.5 Å². The van der Waals surface area contributed by atoms with Gasteiger partial charge in [-0.05, 0) is 11.5 Å². The van der Waals surface area contributed by atoms with Gasteiger partial charge in [0.1, 0.15) is 0 Å². The first kappa shape index (κ1) is 10.9. The highest BCUT2D eigenvalue weighted by Gasteiger charge is 2.03. The molecule has 2 rings (SSSR count). The highest BCUT2D eigenvalue weighted by atomic mass is 15.1. The molecular weight excluding hydrogens is 198 g/mol. The van der Waals surface area contributed by atoms with E-state index in [2.05, 4.69) is 52.8 Å². The second kappa shape index (κ2) is 5.47. The van der Waals surface area contributed by atoms with Gasteiger partial charge in [0, 0.05) is 24.8 Å². The van der Waals surface area contributed by atoms with Crippen molar-refractivity contribution in [2.24, 2.45) is 0 Å². The summed E-state index contributed by atoms with van der Waals surface area (Å²) in [7, 11) is 0. The molecule has 0 aliphatic carbocycles. The van der Waals surface area contributed by atoms with E-state index in [0.29, 0.717) is 5.92 Å². The van der Waals surface area contributed by atoms with Crippen LogP contribution in [0.5, 0.6) is 0 Å². The Hall–Kier alpha value is -1.61. The Bertz CT molecular complexity index is 394. The molecule has 84 valence electrons. The molecule has 16 heavy (non-hydrogen) atoms. The summed E-state index contributed by atoms with van der Waals surface area (Å²) in [5.41, 5.74) is 2.57. The van der Waals surface area contributed by atoms with E-state index >= 15 is 0 Å². The summed E-state index contributed by atoms with van der Waals surface area (Å²) in [4.78, 5) is 0. The van der Waals surface area contributed by atoms with E-state index in [9.17, 15) is 0 Å². The van der Waals surface area contributed by atoms with Gasteiger partial charge in [0.2, 0.25) is 0 Å². The predicted octanol–water partition coefficient (Wildman–Crippen LogP) is 2.30. The van der Waals surface area contributed by atoms with E-state index in [-0.39, 0.29) is 0 Å². The highest BCUT2D eigenvalue weighted by Crippen LogP contribution is 2.13. The minimum atomic E-state index is 0.535. The molecule has 0 aliphatic rings. The summed E-state index contributed by atoms with van der Waals surface area (Å²) in [6.45, 7) is 4.08. The molecule has 3 nitrogen and oxygen atoms in total. The molecule has 3 heteroatoms. The fraction of sp³-hybridized carbons (Fsp3) is 0.308. The van der Waals surface area contributed by atoms with Gasteiger partial charge in [-0.2, -0.15) is 5.10 Å². The van der Waals surface area contributed by atoms with Crippen LogP contribution in [0, 0.1) is 0 Å². The lowest BCUT2D eigenvalue weighted by atomic mass is 10.0. The topological polar surface area (TPSA) is 40.7 Å². The Morgan fingerprint density at radius 2 is 2.12 bits per heavy atom. The Morgan fingerprint density at radius 1 is 1.31 bits per heavy atom. The maximum Gasteiger partial charge on any atom is 0.0532 e. The van der Waals surface area contributed by atoms with Gasteiger partial charge in [0.25, 0.3) is 0 Å². The van der Waals surface area contributed by atoms with Crippen LogP contribution < -0.4 is 5.32 Å². The van der Waals surface area contributed by atoms with Crippen LogP contribution in [0.2, 0.25) is 0 Å². The molecule has 1 unspecified atom stereocenters. The number of hydrogen-bond donors (Lipinski definition) is 2. The Labute approximate surface area is 95.9 Å². The lowest BCUT2D eigenvalue weighted by molar-refractivity contribution is 0.615. The van der Waals surface area contributed by atoms with Gasteiger partial charge < -0.3 is 5.32 Å². The molecule has 0 spiro atoms. The highest BCUT2D eigenvalue weighted by molar-refractivity contribution is 5.19. The molecular formula is C13H17N3. The fourth-order valence-corrected chi connectivity index (χ4v) is 1.71. The van der Waals surface area contributed by atoms with Crippen LogP contribution in [0.4, 0.5) is 0 Å². The summed E-state index contributed by atoms with van der Waals surface area (Å²) in [5.74, 6) is 0.535. The lowest BCUT2D eigenvalue weighted by Gasteiger charge is -2.12. The van der Waals surface area contributed by atoms with Crippen LogP contribution in [-0.4, -0.2) is 16.7 Å². The monoisotopic (exact) mass is 215 g/mol. The van der Waals surface area contributed by atoms with Crippen LogP contribution in [-0.2, 0) is 6.54 Å². The smallest absolute Gasteiger partial charge is 0.0532 e. The molecule has 1 heterocycles. The summed E-state index contributed by atoms with van der Waals surface area (Å²) < 4.78 is 0. The maximum absolute atomic E-state index is 3.91. The molecule has 0 fully saturated rings. The third kappa shape index (κ3) is 2.94. The van der Waals surface area contributed by atoms with Crippen molar-refractivity contribution in [3.05, 3.63) is 53.9 Å². The Morgan fingerprint density at radius 3 is 2.81 bits per heavy atom. The van der Waals surface area contributed by atoms with Gasteiger partial charge in [-0.3, -0.25) is 5.10 Å². The van der Waals surface area contributed by atoms with E-state index in [1.165, 1.54) is 11.1 Å². The van der Waals surface area contributed by atoms with Gasteiger partial charge in [-0.25, -0.2) is 0 Å². The summed E-state index contributed by atoms with van der Waals surface area (Å²) >= 11 is 0. The van der Waals surface area contributed by atoms with Crippen LogP contribution in [0.25, 0.3) is 0 Å². The number of nitrogens with one attached hydrogen (secondary N) is 2. The average molecular weight is 215 g/mol. The molecule has 0 aliphatic heterocycles. The first-order chi connectivity index (χ1) is 7.86. The van der Waals surface area contributed by atoms with Crippen LogP contribution in [0.15, 0.2) is 42.7 Å². The summed E-state index contributed by atoms with van der Waals surface area (Å²) in [6, 6.07) is 10.6. The quantitative estimate of drug-likeness (QED) is 0.803. The number of aromatic nitrogens is 2. The van der Waals surface area contributed by atoms with E-state index in [1.54, 1.807) is 0 Å². The number of H-pyrrole nitrogens is 1. The van der Waals surface area contributed by atoms with Gasteiger partial charge in [-0.1, -0.05) is 37.3 Å². The van der Waals surface area contributed by atoms with Gasteiger partial charge >= 0.3 is 0 Å². The first-order valence-electron chi connectivity index (χ1n) is 5.59. The third-order valence-electron chi connectivity index (χ3n) is 2.70. The molecule has 1 aromatic heterocycles. The van der Waals surface area contributed by atoms with E-state index in [0.717, 1.165) is 13.1 Å². The second-order valence-electron chi connectivity index (χ2n) is 4.05. The van der Waals surface area contributed by atoms with Crippen molar-refractivity contribution < 1.29 is 0 Å². The normalized spacial score (nSPS) is 12.6. The lowest BCUT2D eigenvalue weighted by Crippen LogP contribution is -2.19. The van der Waals surface area contributed by atoms with E-state index < -0.39 is 0 Å². The Kier molecular flexibility index (Phi) is 3.72. The van der Waals surface area contributed by atoms with Gasteiger partial charge in [0.15, 0.2) is 0 Å². The molecule has 2 aromatic rings. The van der Waals surface area contributed by atoms with Gasteiger partial charge in [-0.15, -0.1) is 0 Å². The van der Waals surface area contributed by atoms with Crippen molar-refractivity contribution >= 4 is 0 Å². The number of rotatable bonds is 5. The molecule has 0 saturated carbocycles. The predicted molar refractivity (Wildman–Crippen MR) is 65.2 cm³/mol. The van der Waals surface area contributed by atoms with E-state index in [4.69, 9.17) is 0 Å². The number of hydrogen-bond acceptors (Lipinski definition) is 2. The summed E-state index contributed by atoms with van der Waals surface area (Å²) in [6.07, 6.45) is 3.76. The van der Waals surface area contributed by atoms with Crippen molar-refractivity contribution in [2.45, 2.75) is 19.4 Å². The molecule has 1 atom stereocenters. The van der Waals surface area contributed by atoms with Crippen molar-refractivity contribution in [2.75, 3.05) is 6.54 Å². The Balaban J connectivity index is 1.78. The molecule has 0 bridgehead atoms. The molecule has 0 radical (unpaired) electrons. The van der Waals surface area contributed by atoms with E-state index in [1.807, 2.05) is 12.4 Å². The summed E-state index contributed by atoms with van der Waals surface area (Å²) in [5, 5.41) is 10.1. The van der Waals surface area contributed by atoms with Crippen molar-refractivity contribution in [3.8, 4) is 0 Å². The molecule has 2 N–H and O–H groups in total. The standard InChI is InChI=1S/C13H17N3/c1-11(13-5-3-2-4-6-13)7-14-8-12-9-15-16-10-12/h2-6,9-11,14H,7-8H2,1H3,(H,15,16). The van der Waals surface area contributed by atoms with Crippen molar-refractivity contribution in [1.29, 1.82) is 0 Å². The fourth-order valence-electron chi connectivity index (χ4n) is 1.71. The number of benzene rings is 1. The molecule has 0 amide bonds.